The SMILES string of the molecule is COc1ccc(-n2[nH]cc(-c3nnn(Cc4ccc(Br)cc4)n3)c2=S)cc1. The third kappa shape index (κ3) is 3.69. The molecule has 0 atom stereocenters. The number of hydrogen-bond donors (Lipinski definition) is 1. The van der Waals surface area contributed by atoms with Gasteiger partial charge in [0.15, 0.2) is 0 Å². The topological polar surface area (TPSA) is 73.6 Å². The van der Waals surface area contributed by atoms with Crippen LogP contribution in [0.2, 0.25) is 0 Å². The summed E-state index contributed by atoms with van der Waals surface area (Å²) in [6.45, 7) is 0.538. The predicted molar refractivity (Wildman–Crippen MR) is 108 cm³/mol. The Bertz CT molecular complexity index is 1110. The quantitative estimate of drug-likeness (QED) is 0.472. The van der Waals surface area contributed by atoms with Crippen LogP contribution in [0.5, 0.6) is 5.75 Å². The molecule has 7 nitrogen and oxygen atoms in total. The molecule has 0 aliphatic carbocycles. The predicted octanol–water partition coefficient (Wildman–Crippen LogP) is 4.01. The molecule has 0 saturated carbocycles. The molecule has 0 saturated heterocycles. The van der Waals surface area contributed by atoms with Gasteiger partial charge in [0.1, 0.15) is 10.4 Å². The van der Waals surface area contributed by atoms with Gasteiger partial charge < -0.3 is 4.74 Å². The number of methoxy groups -OCH3 is 1. The number of H-pyrrole nitrogens is 1. The molecule has 27 heavy (non-hydrogen) atoms. The van der Waals surface area contributed by atoms with Crippen molar-refractivity contribution < 1.29 is 4.74 Å². The first kappa shape index (κ1) is 17.6. The van der Waals surface area contributed by atoms with E-state index < -0.39 is 0 Å². The number of aromatic amines is 1. The van der Waals surface area contributed by atoms with Crippen molar-refractivity contribution in [3.05, 3.63) is 69.4 Å². The summed E-state index contributed by atoms with van der Waals surface area (Å²) in [5.41, 5.74) is 2.71. The average Bonchev–Trinajstić information content (AvgIpc) is 3.30. The van der Waals surface area contributed by atoms with Crippen LogP contribution in [0.1, 0.15) is 5.56 Å². The summed E-state index contributed by atoms with van der Waals surface area (Å²) < 4.78 is 8.60. The molecule has 0 bridgehead atoms. The van der Waals surface area contributed by atoms with Crippen molar-refractivity contribution in [1.82, 2.24) is 30.0 Å². The highest BCUT2D eigenvalue weighted by molar-refractivity contribution is 9.10. The maximum atomic E-state index is 5.58. The Kier molecular flexibility index (Phi) is 4.87. The molecule has 4 aromatic rings. The molecular weight excluding hydrogens is 428 g/mol. The summed E-state index contributed by atoms with van der Waals surface area (Å²) in [6.07, 6.45) is 1.79. The molecule has 9 heteroatoms. The zero-order valence-electron chi connectivity index (χ0n) is 14.3. The van der Waals surface area contributed by atoms with Crippen LogP contribution in [-0.2, 0) is 6.54 Å². The van der Waals surface area contributed by atoms with Crippen molar-refractivity contribution in [1.29, 1.82) is 0 Å². The van der Waals surface area contributed by atoms with Gasteiger partial charge in [0, 0.05) is 10.7 Å². The van der Waals surface area contributed by atoms with Gasteiger partial charge in [-0.05, 0) is 47.2 Å². The van der Waals surface area contributed by atoms with E-state index in [-0.39, 0.29) is 0 Å². The third-order valence-corrected chi connectivity index (χ3v) is 4.96. The van der Waals surface area contributed by atoms with Crippen LogP contribution in [0, 0.1) is 4.64 Å². The molecule has 0 fully saturated rings. The molecule has 0 aliphatic rings. The first-order valence-electron chi connectivity index (χ1n) is 8.11. The van der Waals surface area contributed by atoms with Gasteiger partial charge in [-0.1, -0.05) is 40.3 Å². The first-order valence-corrected chi connectivity index (χ1v) is 9.31. The molecule has 1 N–H and O–H groups in total. The average molecular weight is 443 g/mol. The lowest BCUT2D eigenvalue weighted by atomic mass is 10.2. The van der Waals surface area contributed by atoms with E-state index in [9.17, 15) is 0 Å². The minimum atomic E-state index is 0.487. The second-order valence-electron chi connectivity index (χ2n) is 5.80. The third-order valence-electron chi connectivity index (χ3n) is 4.03. The zero-order chi connectivity index (χ0) is 18.8. The number of nitrogens with one attached hydrogen (secondary N) is 1. The highest BCUT2D eigenvalue weighted by atomic mass is 79.9. The Hall–Kier alpha value is -2.78. The number of benzene rings is 2. The number of rotatable bonds is 5. The fraction of sp³-hybridized carbons (Fsp3) is 0.111. The first-order chi connectivity index (χ1) is 13.1. The van der Waals surface area contributed by atoms with Gasteiger partial charge in [0.25, 0.3) is 0 Å². The van der Waals surface area contributed by atoms with Crippen LogP contribution in [0.4, 0.5) is 0 Å². The van der Waals surface area contributed by atoms with Gasteiger partial charge in [-0.3, -0.25) is 5.10 Å². The molecular formula is C18H15BrN6OS. The van der Waals surface area contributed by atoms with Crippen LogP contribution >= 0.6 is 28.1 Å². The maximum absolute atomic E-state index is 5.58. The number of tetrazole rings is 1. The summed E-state index contributed by atoms with van der Waals surface area (Å²) >= 11 is 9.01. The summed E-state index contributed by atoms with van der Waals surface area (Å²) in [4.78, 5) is 1.55. The van der Waals surface area contributed by atoms with Gasteiger partial charge in [0.2, 0.25) is 5.82 Å². The van der Waals surface area contributed by atoms with Crippen LogP contribution in [0.25, 0.3) is 17.1 Å². The highest BCUT2D eigenvalue weighted by Crippen LogP contribution is 2.20. The van der Waals surface area contributed by atoms with Gasteiger partial charge in [0.05, 0.1) is 24.9 Å². The van der Waals surface area contributed by atoms with Gasteiger partial charge in [-0.15, -0.1) is 10.2 Å². The molecule has 0 spiro atoms. The van der Waals surface area contributed by atoms with E-state index >= 15 is 0 Å². The zero-order valence-corrected chi connectivity index (χ0v) is 16.7. The van der Waals surface area contributed by atoms with Crippen LogP contribution in [-0.4, -0.2) is 37.1 Å². The number of ether oxygens (including phenoxy) is 1. The van der Waals surface area contributed by atoms with Crippen LogP contribution in [0.15, 0.2) is 59.2 Å². The standard InChI is InChI=1S/C18H15BrN6OS/c1-26-15-8-6-14(7-9-15)25-18(27)16(10-20-25)17-21-23-24(22-17)11-12-2-4-13(19)5-3-12/h2-10,20H,11H2,1H3. The van der Waals surface area contributed by atoms with E-state index in [0.717, 1.165) is 27.0 Å². The van der Waals surface area contributed by atoms with Crippen molar-refractivity contribution in [2.75, 3.05) is 7.11 Å². The van der Waals surface area contributed by atoms with Crippen molar-refractivity contribution in [3.8, 4) is 22.8 Å². The molecule has 0 radical (unpaired) electrons. The van der Waals surface area contributed by atoms with E-state index in [0.29, 0.717) is 17.0 Å². The number of aromatic nitrogens is 6. The van der Waals surface area contributed by atoms with E-state index in [1.165, 1.54) is 0 Å². The second kappa shape index (κ2) is 7.45. The second-order valence-corrected chi connectivity index (χ2v) is 7.10. The van der Waals surface area contributed by atoms with Crippen molar-refractivity contribution in [3.63, 3.8) is 0 Å². The Morgan fingerprint density at radius 3 is 2.56 bits per heavy atom. The lowest BCUT2D eigenvalue weighted by Gasteiger charge is -2.04. The van der Waals surface area contributed by atoms with E-state index in [1.807, 2.05) is 48.5 Å². The van der Waals surface area contributed by atoms with Crippen molar-refractivity contribution >= 4 is 28.1 Å². The minimum absolute atomic E-state index is 0.487. The highest BCUT2D eigenvalue weighted by Gasteiger charge is 2.12. The molecule has 136 valence electrons. The number of hydrogen-bond acceptors (Lipinski definition) is 5. The summed E-state index contributed by atoms with van der Waals surface area (Å²) in [5, 5.41) is 15.9. The lowest BCUT2D eigenvalue weighted by molar-refractivity contribution is 0.414. The molecule has 4 rings (SSSR count). The summed E-state index contributed by atoms with van der Waals surface area (Å²) in [6, 6.07) is 15.6. The smallest absolute Gasteiger partial charge is 0.209 e. The summed E-state index contributed by atoms with van der Waals surface area (Å²) in [5.74, 6) is 1.27. The Morgan fingerprint density at radius 1 is 1.11 bits per heavy atom. The molecule has 2 heterocycles. The molecule has 0 amide bonds. The Morgan fingerprint density at radius 2 is 1.85 bits per heavy atom. The molecule has 2 aromatic heterocycles. The van der Waals surface area contributed by atoms with Crippen molar-refractivity contribution in [2.45, 2.75) is 6.54 Å². The fourth-order valence-electron chi connectivity index (χ4n) is 2.62. The van der Waals surface area contributed by atoms with Gasteiger partial charge >= 0.3 is 0 Å². The normalized spacial score (nSPS) is 10.9. The molecule has 0 aliphatic heterocycles. The maximum Gasteiger partial charge on any atom is 0.209 e. The summed E-state index contributed by atoms with van der Waals surface area (Å²) in [7, 11) is 1.64. The van der Waals surface area contributed by atoms with E-state index in [1.54, 1.807) is 22.8 Å². The Balaban J connectivity index is 1.59. The number of halogens is 1. The van der Waals surface area contributed by atoms with Crippen LogP contribution < -0.4 is 4.74 Å². The fourth-order valence-corrected chi connectivity index (χ4v) is 3.20. The van der Waals surface area contributed by atoms with Crippen molar-refractivity contribution in [2.24, 2.45) is 0 Å². The van der Waals surface area contributed by atoms with E-state index in [4.69, 9.17) is 17.0 Å². The lowest BCUT2D eigenvalue weighted by Crippen LogP contribution is -2.03. The molecule has 2 aromatic carbocycles. The minimum Gasteiger partial charge on any atom is -0.497 e. The van der Waals surface area contributed by atoms with E-state index in [2.05, 4.69) is 36.4 Å². The van der Waals surface area contributed by atoms with Gasteiger partial charge in [-0.2, -0.15) is 4.80 Å². The van der Waals surface area contributed by atoms with Crippen LogP contribution in [0.3, 0.4) is 0 Å². The molecule has 0 unspecified atom stereocenters. The Labute approximate surface area is 168 Å². The monoisotopic (exact) mass is 442 g/mol. The largest absolute Gasteiger partial charge is 0.497 e. The number of nitrogens with zero attached hydrogens (tertiary/aromatic N) is 5. The van der Waals surface area contributed by atoms with Gasteiger partial charge in [-0.25, -0.2) is 4.68 Å².